The van der Waals surface area contributed by atoms with Crippen LogP contribution >= 0.6 is 0 Å². The van der Waals surface area contributed by atoms with Gasteiger partial charge in [-0.3, -0.25) is 19.4 Å². The predicted octanol–water partition coefficient (Wildman–Crippen LogP) is 3.80. The molecule has 10 heteroatoms. The van der Waals surface area contributed by atoms with E-state index in [2.05, 4.69) is 15.3 Å². The molecule has 0 bridgehead atoms. The summed E-state index contributed by atoms with van der Waals surface area (Å²) in [5, 5.41) is 33.6. The number of H-pyrrole nitrogens is 2. The molecule has 2 aromatic heterocycles. The standard InChI is InChI=1S/C33H40N4O6/c1-7-20-19(6)32(42)37-27(20)14-25-18(5)23(10-12-31(40)41)29(35-25)15-28-22(9-11-30(38)39)17(4)24(34-28)13-26-16(3)21(8-2)33(43)36-26/h13-15,23,34,36,43H,7-12H2,1-6H3,(H,37,42)(H,38,39)(H,40,41). The molecule has 2 aliphatic rings. The first-order chi connectivity index (χ1) is 20.4. The highest BCUT2D eigenvalue weighted by molar-refractivity contribution is 6.15. The number of carbonyl (C=O) groups excluding carboxylic acids is 1. The molecule has 6 N–H and O–H groups in total. The minimum absolute atomic E-state index is 0.0430. The summed E-state index contributed by atoms with van der Waals surface area (Å²) in [6, 6.07) is 0. The van der Waals surface area contributed by atoms with Crippen molar-refractivity contribution in [1.82, 2.24) is 15.3 Å². The molecule has 228 valence electrons. The first-order valence-corrected chi connectivity index (χ1v) is 14.6. The molecule has 1 amide bonds. The van der Waals surface area contributed by atoms with Crippen molar-refractivity contribution < 1.29 is 29.7 Å². The fourth-order valence-electron chi connectivity index (χ4n) is 5.97. The molecule has 1 atom stereocenters. The Morgan fingerprint density at radius 3 is 2.19 bits per heavy atom. The van der Waals surface area contributed by atoms with Gasteiger partial charge < -0.3 is 30.6 Å². The second kappa shape index (κ2) is 12.7. The Labute approximate surface area is 250 Å². The number of nitrogens with one attached hydrogen (secondary N) is 3. The topological polar surface area (TPSA) is 168 Å². The van der Waals surface area contributed by atoms with E-state index in [1.54, 1.807) is 6.92 Å². The quantitative estimate of drug-likeness (QED) is 0.233. The fraction of sp³-hybridized carbons (Fsp3) is 0.394. The van der Waals surface area contributed by atoms with Gasteiger partial charge in [0.2, 0.25) is 0 Å². The SMILES string of the molecule is CCC1=C(C)C(=O)NC1=CC1=C(C)C(CCC(=O)O)C(C=c2[nH]c(=Cc3[nH]c(O)c(CC)c3C)c(C)c2CCC(=O)O)=N1. The van der Waals surface area contributed by atoms with E-state index in [1.807, 2.05) is 52.8 Å². The number of rotatable bonds is 11. The highest BCUT2D eigenvalue weighted by atomic mass is 16.4. The van der Waals surface area contributed by atoms with Gasteiger partial charge >= 0.3 is 11.9 Å². The molecule has 1 unspecified atom stereocenters. The maximum absolute atomic E-state index is 12.3. The molecule has 4 heterocycles. The van der Waals surface area contributed by atoms with Gasteiger partial charge in [0, 0.05) is 52.0 Å². The average Bonchev–Trinajstić information content (AvgIpc) is 3.59. The molecular weight excluding hydrogens is 548 g/mol. The maximum atomic E-state index is 12.3. The molecular formula is C33H40N4O6. The summed E-state index contributed by atoms with van der Waals surface area (Å²) < 4.78 is 0. The Bertz CT molecular complexity index is 1750. The van der Waals surface area contributed by atoms with Gasteiger partial charge in [-0.25, -0.2) is 0 Å². The third-order valence-electron chi connectivity index (χ3n) is 8.55. The minimum Gasteiger partial charge on any atom is -0.494 e. The summed E-state index contributed by atoms with van der Waals surface area (Å²) in [5.74, 6) is -2.09. The predicted molar refractivity (Wildman–Crippen MR) is 165 cm³/mol. The van der Waals surface area contributed by atoms with E-state index >= 15 is 0 Å². The Morgan fingerprint density at radius 1 is 0.884 bits per heavy atom. The largest absolute Gasteiger partial charge is 0.494 e. The second-order valence-corrected chi connectivity index (χ2v) is 11.1. The van der Waals surface area contributed by atoms with Crippen LogP contribution in [0.4, 0.5) is 0 Å². The Kier molecular flexibility index (Phi) is 9.27. The minimum atomic E-state index is -0.910. The van der Waals surface area contributed by atoms with Gasteiger partial charge in [-0.1, -0.05) is 13.8 Å². The molecule has 0 aliphatic carbocycles. The number of aliphatic imine (C=N–C) groups is 1. The lowest BCUT2D eigenvalue weighted by Crippen LogP contribution is -2.19. The van der Waals surface area contributed by atoms with E-state index in [9.17, 15) is 29.7 Å². The number of amides is 1. The van der Waals surface area contributed by atoms with Crippen LogP contribution in [0.15, 0.2) is 39.2 Å². The molecule has 0 saturated heterocycles. The van der Waals surface area contributed by atoms with Crippen LogP contribution in [0, 0.1) is 19.8 Å². The number of hydrogen-bond acceptors (Lipinski definition) is 5. The summed E-state index contributed by atoms with van der Waals surface area (Å²) in [4.78, 5) is 46.8. The van der Waals surface area contributed by atoms with Crippen LogP contribution in [0.25, 0.3) is 12.2 Å². The molecule has 0 fully saturated rings. The lowest BCUT2D eigenvalue weighted by molar-refractivity contribution is -0.138. The second-order valence-electron chi connectivity index (χ2n) is 11.1. The van der Waals surface area contributed by atoms with Crippen LogP contribution in [-0.4, -0.2) is 48.8 Å². The molecule has 43 heavy (non-hydrogen) atoms. The summed E-state index contributed by atoms with van der Waals surface area (Å²) in [6.45, 7) is 11.6. The number of aromatic hydroxyl groups is 1. The summed E-state index contributed by atoms with van der Waals surface area (Å²) in [7, 11) is 0. The fourth-order valence-corrected chi connectivity index (χ4v) is 5.97. The highest BCUT2D eigenvalue weighted by Gasteiger charge is 2.28. The van der Waals surface area contributed by atoms with Gasteiger partial charge in [-0.2, -0.15) is 0 Å². The van der Waals surface area contributed by atoms with Gasteiger partial charge in [0.1, 0.15) is 0 Å². The number of carboxylic acids is 2. The number of hydrogen-bond donors (Lipinski definition) is 6. The lowest BCUT2D eigenvalue weighted by atomic mass is 9.90. The molecule has 0 aromatic carbocycles. The number of nitrogens with zero attached hydrogens (tertiary/aromatic N) is 1. The molecule has 0 saturated carbocycles. The molecule has 0 spiro atoms. The van der Waals surface area contributed by atoms with Crippen molar-refractivity contribution in [2.45, 2.75) is 80.1 Å². The van der Waals surface area contributed by atoms with Crippen molar-refractivity contribution in [2.75, 3.05) is 0 Å². The number of carboxylic acid groups (broad SMARTS) is 2. The van der Waals surface area contributed by atoms with Crippen molar-refractivity contribution in [1.29, 1.82) is 0 Å². The van der Waals surface area contributed by atoms with Crippen LogP contribution < -0.4 is 16.0 Å². The normalized spacial score (nSPS) is 18.8. The van der Waals surface area contributed by atoms with Gasteiger partial charge in [0.15, 0.2) is 5.88 Å². The molecule has 4 rings (SSSR count). The van der Waals surface area contributed by atoms with E-state index in [-0.39, 0.29) is 30.5 Å². The van der Waals surface area contributed by atoms with Crippen LogP contribution in [0.5, 0.6) is 5.88 Å². The smallest absolute Gasteiger partial charge is 0.303 e. The highest BCUT2D eigenvalue weighted by Crippen LogP contribution is 2.33. The number of aromatic nitrogens is 2. The van der Waals surface area contributed by atoms with Gasteiger partial charge in [0.25, 0.3) is 5.91 Å². The first kappa shape index (κ1) is 31.3. The van der Waals surface area contributed by atoms with Gasteiger partial charge in [0.05, 0.1) is 11.4 Å². The monoisotopic (exact) mass is 588 g/mol. The number of aromatic amines is 2. The Hall–Kier alpha value is -4.60. The lowest BCUT2D eigenvalue weighted by Gasteiger charge is -2.12. The third-order valence-corrected chi connectivity index (χ3v) is 8.55. The van der Waals surface area contributed by atoms with Crippen molar-refractivity contribution in [3.05, 3.63) is 72.8 Å². The molecule has 2 aliphatic heterocycles. The zero-order valence-corrected chi connectivity index (χ0v) is 25.6. The molecule has 2 aromatic rings. The first-order valence-electron chi connectivity index (χ1n) is 14.6. The number of allylic oxidation sites excluding steroid dienone is 3. The van der Waals surface area contributed by atoms with Crippen molar-refractivity contribution in [3.8, 4) is 5.88 Å². The van der Waals surface area contributed by atoms with Crippen LogP contribution in [0.1, 0.15) is 81.3 Å². The van der Waals surface area contributed by atoms with Crippen LogP contribution in [-0.2, 0) is 27.2 Å². The van der Waals surface area contributed by atoms with E-state index in [0.29, 0.717) is 53.7 Å². The summed E-state index contributed by atoms with van der Waals surface area (Å²) in [6.07, 6.45) is 7.53. The maximum Gasteiger partial charge on any atom is 0.303 e. The summed E-state index contributed by atoms with van der Waals surface area (Å²) >= 11 is 0. The zero-order valence-electron chi connectivity index (χ0n) is 25.6. The van der Waals surface area contributed by atoms with E-state index in [1.165, 1.54) is 0 Å². The van der Waals surface area contributed by atoms with Crippen LogP contribution in [0.3, 0.4) is 0 Å². The average molecular weight is 589 g/mol. The van der Waals surface area contributed by atoms with Gasteiger partial charge in [-0.05, 0) is 99.4 Å². The third kappa shape index (κ3) is 6.43. The van der Waals surface area contributed by atoms with E-state index < -0.39 is 11.9 Å². The molecule has 10 nitrogen and oxygen atoms in total. The zero-order chi connectivity index (χ0) is 31.6. The van der Waals surface area contributed by atoms with Gasteiger partial charge in [-0.15, -0.1) is 0 Å². The van der Waals surface area contributed by atoms with Crippen LogP contribution in [0.2, 0.25) is 0 Å². The summed E-state index contributed by atoms with van der Waals surface area (Å²) in [5.41, 5.74) is 8.79. The van der Waals surface area contributed by atoms with E-state index in [0.717, 1.165) is 44.4 Å². The number of carbonyl (C=O) groups is 3. The Morgan fingerprint density at radius 2 is 1.58 bits per heavy atom. The Balaban J connectivity index is 1.87. The van der Waals surface area contributed by atoms with Crippen molar-refractivity contribution >= 4 is 35.7 Å². The molecule has 0 radical (unpaired) electrons. The number of aliphatic carboxylic acids is 2. The van der Waals surface area contributed by atoms with E-state index in [4.69, 9.17) is 4.99 Å². The van der Waals surface area contributed by atoms with Crippen molar-refractivity contribution in [2.24, 2.45) is 10.9 Å². The van der Waals surface area contributed by atoms with Crippen molar-refractivity contribution in [3.63, 3.8) is 0 Å².